The molecule has 2 aromatic rings. The maximum atomic E-state index is 12.5. The smallest absolute Gasteiger partial charge is 0.230 e. The van der Waals surface area contributed by atoms with Gasteiger partial charge in [0.15, 0.2) is 5.82 Å². The quantitative estimate of drug-likeness (QED) is 0.819. The average molecular weight is 342 g/mol. The summed E-state index contributed by atoms with van der Waals surface area (Å²) in [4.78, 5) is 14.8. The first-order chi connectivity index (χ1) is 12.2. The Morgan fingerprint density at radius 2 is 2.12 bits per heavy atom. The zero-order valence-corrected chi connectivity index (χ0v) is 14.8. The van der Waals surface area contributed by atoms with Crippen LogP contribution in [0.3, 0.4) is 0 Å². The van der Waals surface area contributed by atoms with Gasteiger partial charge in [-0.25, -0.2) is 4.68 Å². The van der Waals surface area contributed by atoms with Crippen molar-refractivity contribution in [2.45, 2.75) is 38.1 Å². The largest absolute Gasteiger partial charge is 0.354 e. The van der Waals surface area contributed by atoms with Crippen molar-refractivity contribution in [1.29, 1.82) is 0 Å². The molecule has 1 amide bonds. The van der Waals surface area contributed by atoms with E-state index in [0.29, 0.717) is 12.4 Å². The lowest BCUT2D eigenvalue weighted by molar-refractivity contribution is -0.122. The van der Waals surface area contributed by atoms with E-state index < -0.39 is 0 Å². The number of nitrogens with one attached hydrogen (secondary N) is 1. The third-order valence-corrected chi connectivity index (χ3v) is 4.72. The predicted molar refractivity (Wildman–Crippen MR) is 95.1 cm³/mol. The first-order valence-corrected chi connectivity index (χ1v) is 9.00. The van der Waals surface area contributed by atoms with Gasteiger partial charge in [-0.3, -0.25) is 4.79 Å². The van der Waals surface area contributed by atoms with Gasteiger partial charge >= 0.3 is 0 Å². The molecule has 0 bridgehead atoms. The molecule has 1 aliphatic heterocycles. The van der Waals surface area contributed by atoms with Crippen LogP contribution in [-0.2, 0) is 17.8 Å². The highest BCUT2D eigenvalue weighted by Gasteiger charge is 2.28. The van der Waals surface area contributed by atoms with Crippen LogP contribution in [0.1, 0.15) is 36.6 Å². The number of nitrogens with zero attached hydrogens (tertiary/aromatic N) is 5. The number of amides is 1. The lowest BCUT2D eigenvalue weighted by atomic mass is 10.0. The molecule has 3 rings (SSSR count). The van der Waals surface area contributed by atoms with Crippen molar-refractivity contribution < 1.29 is 4.79 Å². The minimum atomic E-state index is -0.230. The topological polar surface area (TPSA) is 75.9 Å². The third-order valence-electron chi connectivity index (χ3n) is 4.72. The fourth-order valence-electron chi connectivity index (χ4n) is 3.18. The van der Waals surface area contributed by atoms with Gasteiger partial charge in [0.2, 0.25) is 5.91 Å². The zero-order valence-electron chi connectivity index (χ0n) is 14.8. The first-order valence-electron chi connectivity index (χ1n) is 9.00. The molecule has 0 saturated heterocycles. The predicted octanol–water partition coefficient (Wildman–Crippen LogP) is 1.23. The number of benzene rings is 1. The second-order valence-corrected chi connectivity index (χ2v) is 6.64. The number of tetrazole rings is 1. The van der Waals surface area contributed by atoms with Gasteiger partial charge in [-0.15, -0.1) is 5.10 Å². The third kappa shape index (κ3) is 4.85. The summed E-state index contributed by atoms with van der Waals surface area (Å²) in [6.45, 7) is 3.24. The van der Waals surface area contributed by atoms with Crippen LogP contribution in [0.5, 0.6) is 0 Å². The number of hydrogen-bond acceptors (Lipinski definition) is 5. The molecule has 0 spiro atoms. The van der Waals surface area contributed by atoms with Crippen molar-refractivity contribution in [3.05, 3.63) is 41.7 Å². The van der Waals surface area contributed by atoms with Gasteiger partial charge in [0.1, 0.15) is 0 Å². The Morgan fingerprint density at radius 3 is 2.96 bits per heavy atom. The molecule has 0 saturated carbocycles. The highest BCUT2D eigenvalue weighted by Crippen LogP contribution is 2.23. The standard InChI is InChI=1S/C18H26N6O/c1-23(13-10-15-7-3-2-4-8-15)14-11-19-18(25)16-9-5-6-12-24-17(16)20-21-22-24/h2-4,7-8,16H,5-6,9-14H2,1H3,(H,19,25). The fourth-order valence-corrected chi connectivity index (χ4v) is 3.18. The van der Waals surface area contributed by atoms with Gasteiger partial charge in [-0.2, -0.15) is 0 Å². The number of fused-ring (bicyclic) bond motifs is 1. The van der Waals surface area contributed by atoms with Gasteiger partial charge in [-0.05, 0) is 42.3 Å². The van der Waals surface area contributed by atoms with Gasteiger partial charge in [0, 0.05) is 26.2 Å². The van der Waals surface area contributed by atoms with E-state index >= 15 is 0 Å². The summed E-state index contributed by atoms with van der Waals surface area (Å²) < 4.78 is 1.77. The van der Waals surface area contributed by atoms with Gasteiger partial charge < -0.3 is 10.2 Å². The first kappa shape index (κ1) is 17.5. The summed E-state index contributed by atoms with van der Waals surface area (Å²) in [5, 5.41) is 14.8. The van der Waals surface area contributed by atoms with Crippen LogP contribution in [0.15, 0.2) is 30.3 Å². The fraction of sp³-hybridized carbons (Fsp3) is 0.556. The zero-order chi connectivity index (χ0) is 17.5. The maximum Gasteiger partial charge on any atom is 0.230 e. The minimum absolute atomic E-state index is 0.0365. The summed E-state index contributed by atoms with van der Waals surface area (Å²) in [5.74, 6) is 0.508. The van der Waals surface area contributed by atoms with Crippen LogP contribution in [0, 0.1) is 0 Å². The lowest BCUT2D eigenvalue weighted by Gasteiger charge is -2.18. The van der Waals surface area contributed by atoms with Crippen molar-refractivity contribution in [2.75, 3.05) is 26.7 Å². The van der Waals surface area contributed by atoms with Crippen LogP contribution in [0.4, 0.5) is 0 Å². The molecular formula is C18H26N6O. The van der Waals surface area contributed by atoms with Crippen molar-refractivity contribution >= 4 is 5.91 Å². The van der Waals surface area contributed by atoms with E-state index in [-0.39, 0.29) is 11.8 Å². The molecule has 1 atom stereocenters. The highest BCUT2D eigenvalue weighted by atomic mass is 16.1. The molecule has 1 aromatic carbocycles. The van der Waals surface area contributed by atoms with Crippen molar-refractivity contribution in [3.8, 4) is 0 Å². The molecule has 2 heterocycles. The molecule has 0 radical (unpaired) electrons. The van der Waals surface area contributed by atoms with Crippen molar-refractivity contribution in [1.82, 2.24) is 30.4 Å². The Kier molecular flexibility index (Phi) is 6.11. The molecule has 1 aromatic heterocycles. The lowest BCUT2D eigenvalue weighted by Crippen LogP contribution is -2.36. The van der Waals surface area contributed by atoms with E-state index in [1.807, 2.05) is 6.07 Å². The SMILES string of the molecule is CN(CCNC(=O)C1CCCCn2nnnc21)CCc1ccccc1. The Balaban J connectivity index is 1.42. The van der Waals surface area contributed by atoms with Crippen molar-refractivity contribution in [2.24, 2.45) is 0 Å². The molecule has 7 nitrogen and oxygen atoms in total. The maximum absolute atomic E-state index is 12.5. The van der Waals surface area contributed by atoms with Gasteiger partial charge in [-0.1, -0.05) is 36.8 Å². The second kappa shape index (κ2) is 8.71. The Hall–Kier alpha value is -2.28. The van der Waals surface area contributed by atoms with Crippen LogP contribution < -0.4 is 5.32 Å². The number of likely N-dealkylation sites (N-methyl/N-ethyl adjacent to an activating group) is 1. The number of carbonyl (C=O) groups is 1. The number of aromatic nitrogens is 4. The van der Waals surface area contributed by atoms with E-state index in [0.717, 1.165) is 45.3 Å². The Morgan fingerprint density at radius 1 is 1.28 bits per heavy atom. The van der Waals surface area contributed by atoms with Gasteiger partial charge in [0.05, 0.1) is 5.92 Å². The molecule has 25 heavy (non-hydrogen) atoms. The van der Waals surface area contributed by atoms with Crippen LogP contribution in [0.2, 0.25) is 0 Å². The Bertz CT molecular complexity index is 671. The number of aryl methyl sites for hydroxylation is 1. The normalized spacial score (nSPS) is 17.1. The molecule has 134 valence electrons. The van der Waals surface area contributed by atoms with Crippen molar-refractivity contribution in [3.63, 3.8) is 0 Å². The Labute approximate surface area is 148 Å². The summed E-state index contributed by atoms with van der Waals surface area (Å²) >= 11 is 0. The van der Waals surface area contributed by atoms with E-state index in [1.54, 1.807) is 4.68 Å². The molecule has 1 N–H and O–H groups in total. The summed E-state index contributed by atoms with van der Waals surface area (Å²) in [7, 11) is 2.08. The van der Waals surface area contributed by atoms with Crippen LogP contribution in [-0.4, -0.2) is 57.7 Å². The summed E-state index contributed by atoms with van der Waals surface area (Å²) in [6, 6.07) is 10.5. The van der Waals surface area contributed by atoms with Crippen LogP contribution in [0.25, 0.3) is 0 Å². The number of hydrogen-bond donors (Lipinski definition) is 1. The summed E-state index contributed by atoms with van der Waals surface area (Å²) in [5.41, 5.74) is 1.34. The number of rotatable bonds is 7. The molecular weight excluding hydrogens is 316 g/mol. The monoisotopic (exact) mass is 342 g/mol. The molecule has 0 aliphatic carbocycles. The van der Waals surface area contributed by atoms with E-state index in [9.17, 15) is 4.79 Å². The second-order valence-electron chi connectivity index (χ2n) is 6.64. The van der Waals surface area contributed by atoms with Gasteiger partial charge in [0.25, 0.3) is 0 Å². The van der Waals surface area contributed by atoms with E-state index in [2.05, 4.69) is 57.1 Å². The molecule has 1 aliphatic rings. The van der Waals surface area contributed by atoms with E-state index in [4.69, 9.17) is 0 Å². The van der Waals surface area contributed by atoms with Crippen LogP contribution >= 0.6 is 0 Å². The van der Waals surface area contributed by atoms with E-state index in [1.165, 1.54) is 5.56 Å². The minimum Gasteiger partial charge on any atom is -0.354 e. The molecule has 1 unspecified atom stereocenters. The molecule has 7 heteroatoms. The average Bonchev–Trinajstić information content (AvgIpc) is 3.00. The highest BCUT2D eigenvalue weighted by molar-refractivity contribution is 5.82. The molecule has 0 fully saturated rings. The number of carbonyl (C=O) groups excluding carboxylic acids is 1. The summed E-state index contributed by atoms with van der Waals surface area (Å²) in [6.07, 6.45) is 3.86.